The number of benzene rings is 1. The predicted octanol–water partition coefficient (Wildman–Crippen LogP) is 3.20. The Morgan fingerprint density at radius 3 is 2.73 bits per heavy atom. The van der Waals surface area contributed by atoms with E-state index in [9.17, 15) is 9.18 Å². The van der Waals surface area contributed by atoms with Crippen molar-refractivity contribution in [2.24, 2.45) is 5.92 Å². The van der Waals surface area contributed by atoms with E-state index in [-0.39, 0.29) is 23.4 Å². The number of carbonyl (C=O) groups excluding carboxylic acids is 1. The first kappa shape index (κ1) is 20.2. The summed E-state index contributed by atoms with van der Waals surface area (Å²) in [7, 11) is 0. The molecule has 156 valence electrons. The molecule has 3 heterocycles. The van der Waals surface area contributed by atoms with Crippen LogP contribution in [-0.4, -0.2) is 54.9 Å². The standard InChI is InChI=1S/C20H21ClFN7O/c1-13-4-3-9-28(17(13)12-25-20-23-10-14(21)11-24-20)19(30)18-15(22)5-2-6-16(18)29-26-7-8-27-29/h2,5-8,10-11,13,17H,3-4,9,12H2,1H3,(H,23,24,25)/t13-,17?/m1/s1. The molecule has 0 radical (unpaired) electrons. The fraction of sp³-hybridized carbons (Fsp3) is 0.350. The maximum absolute atomic E-state index is 14.8. The molecule has 1 fully saturated rings. The van der Waals surface area contributed by atoms with Crippen LogP contribution in [0.3, 0.4) is 0 Å². The van der Waals surface area contributed by atoms with E-state index in [0.29, 0.717) is 29.7 Å². The van der Waals surface area contributed by atoms with E-state index in [0.717, 1.165) is 12.8 Å². The van der Waals surface area contributed by atoms with Crippen LogP contribution in [0, 0.1) is 11.7 Å². The summed E-state index contributed by atoms with van der Waals surface area (Å²) < 4.78 is 14.8. The van der Waals surface area contributed by atoms with Gasteiger partial charge in [-0.2, -0.15) is 15.0 Å². The van der Waals surface area contributed by atoms with E-state index in [1.165, 1.54) is 35.7 Å². The van der Waals surface area contributed by atoms with E-state index in [2.05, 4.69) is 32.4 Å². The molecule has 0 bridgehead atoms. The van der Waals surface area contributed by atoms with Gasteiger partial charge in [-0.1, -0.05) is 24.6 Å². The summed E-state index contributed by atoms with van der Waals surface area (Å²) in [5.41, 5.74) is 0.284. The zero-order valence-electron chi connectivity index (χ0n) is 16.4. The molecular weight excluding hydrogens is 409 g/mol. The normalized spacial score (nSPS) is 19.0. The number of aromatic nitrogens is 5. The number of anilines is 1. The molecule has 1 unspecified atom stereocenters. The van der Waals surface area contributed by atoms with Gasteiger partial charge in [0, 0.05) is 13.1 Å². The molecule has 1 aliphatic rings. The van der Waals surface area contributed by atoms with E-state index in [1.807, 2.05) is 0 Å². The van der Waals surface area contributed by atoms with Gasteiger partial charge in [0.1, 0.15) is 17.1 Å². The molecule has 1 aliphatic heterocycles. The van der Waals surface area contributed by atoms with Crippen LogP contribution in [0.1, 0.15) is 30.1 Å². The molecule has 1 amide bonds. The van der Waals surface area contributed by atoms with Crippen molar-refractivity contribution in [2.75, 3.05) is 18.4 Å². The highest BCUT2D eigenvalue weighted by Gasteiger charge is 2.34. The maximum Gasteiger partial charge on any atom is 0.259 e. The third kappa shape index (κ3) is 4.11. The Balaban J connectivity index is 1.61. The summed E-state index contributed by atoms with van der Waals surface area (Å²) in [4.78, 5) is 24.8. The number of piperidine rings is 1. The summed E-state index contributed by atoms with van der Waals surface area (Å²) in [5.74, 6) is -0.325. The van der Waals surface area contributed by atoms with Crippen molar-refractivity contribution in [3.63, 3.8) is 0 Å². The highest BCUT2D eigenvalue weighted by atomic mass is 35.5. The van der Waals surface area contributed by atoms with Gasteiger partial charge in [-0.3, -0.25) is 4.79 Å². The molecule has 30 heavy (non-hydrogen) atoms. The lowest BCUT2D eigenvalue weighted by Crippen LogP contribution is -2.51. The van der Waals surface area contributed by atoms with Crippen molar-refractivity contribution in [3.8, 4) is 5.69 Å². The van der Waals surface area contributed by atoms with Gasteiger partial charge in [-0.05, 0) is 30.9 Å². The smallest absolute Gasteiger partial charge is 0.259 e. The first-order valence-electron chi connectivity index (χ1n) is 9.72. The lowest BCUT2D eigenvalue weighted by atomic mass is 9.90. The Morgan fingerprint density at radius 1 is 1.27 bits per heavy atom. The van der Waals surface area contributed by atoms with Crippen LogP contribution in [0.25, 0.3) is 5.69 Å². The number of likely N-dealkylation sites (tertiary alicyclic amines) is 1. The molecule has 2 aromatic heterocycles. The molecule has 2 atom stereocenters. The fourth-order valence-corrected chi connectivity index (χ4v) is 3.88. The number of hydrogen-bond donors (Lipinski definition) is 1. The van der Waals surface area contributed by atoms with Crippen LogP contribution in [-0.2, 0) is 0 Å². The number of rotatable bonds is 5. The lowest BCUT2D eigenvalue weighted by Gasteiger charge is -2.40. The summed E-state index contributed by atoms with van der Waals surface area (Å²) in [5, 5.41) is 11.7. The quantitative estimate of drug-likeness (QED) is 0.670. The van der Waals surface area contributed by atoms with Crippen molar-refractivity contribution >= 4 is 23.5 Å². The fourth-order valence-electron chi connectivity index (χ4n) is 3.79. The summed E-state index contributed by atoms with van der Waals surface area (Å²) in [6.07, 6.45) is 7.81. The predicted molar refractivity (Wildman–Crippen MR) is 110 cm³/mol. The Morgan fingerprint density at radius 2 is 2.00 bits per heavy atom. The monoisotopic (exact) mass is 429 g/mol. The first-order valence-corrected chi connectivity index (χ1v) is 10.1. The Labute approximate surface area is 178 Å². The average molecular weight is 430 g/mol. The van der Waals surface area contributed by atoms with Crippen LogP contribution >= 0.6 is 11.6 Å². The molecule has 1 N–H and O–H groups in total. The highest BCUT2D eigenvalue weighted by molar-refractivity contribution is 6.30. The average Bonchev–Trinajstić information content (AvgIpc) is 3.28. The minimum atomic E-state index is -0.597. The Kier molecular flexibility index (Phi) is 5.89. The van der Waals surface area contributed by atoms with Gasteiger partial charge in [0.2, 0.25) is 5.95 Å². The largest absolute Gasteiger partial charge is 0.352 e. The lowest BCUT2D eigenvalue weighted by molar-refractivity contribution is 0.0535. The van der Waals surface area contributed by atoms with Crippen molar-refractivity contribution < 1.29 is 9.18 Å². The molecule has 0 spiro atoms. The molecule has 1 saturated heterocycles. The van der Waals surface area contributed by atoms with E-state index < -0.39 is 5.82 Å². The molecular formula is C20H21ClFN7O. The van der Waals surface area contributed by atoms with Gasteiger partial charge in [0.15, 0.2) is 0 Å². The second-order valence-electron chi connectivity index (χ2n) is 7.24. The minimum absolute atomic E-state index is 0.0319. The van der Waals surface area contributed by atoms with E-state index >= 15 is 0 Å². The van der Waals surface area contributed by atoms with Crippen LogP contribution < -0.4 is 5.32 Å². The number of halogens is 2. The van der Waals surface area contributed by atoms with E-state index in [1.54, 1.807) is 17.0 Å². The molecule has 8 nitrogen and oxygen atoms in total. The third-order valence-corrected chi connectivity index (χ3v) is 5.50. The van der Waals surface area contributed by atoms with Crippen LogP contribution in [0.5, 0.6) is 0 Å². The zero-order chi connectivity index (χ0) is 21.1. The number of nitrogens with one attached hydrogen (secondary N) is 1. The van der Waals surface area contributed by atoms with Gasteiger partial charge in [-0.15, -0.1) is 0 Å². The number of amides is 1. The van der Waals surface area contributed by atoms with Crippen molar-refractivity contribution in [1.29, 1.82) is 0 Å². The van der Waals surface area contributed by atoms with E-state index in [4.69, 9.17) is 11.6 Å². The van der Waals surface area contributed by atoms with Crippen LogP contribution in [0.15, 0.2) is 43.0 Å². The van der Waals surface area contributed by atoms with Crippen LogP contribution in [0.2, 0.25) is 5.02 Å². The topological polar surface area (TPSA) is 88.8 Å². The summed E-state index contributed by atoms with van der Waals surface area (Å²) in [6, 6.07) is 4.31. The molecule has 10 heteroatoms. The molecule has 0 aliphatic carbocycles. The van der Waals surface area contributed by atoms with Gasteiger partial charge in [0.05, 0.1) is 35.9 Å². The maximum atomic E-state index is 14.8. The van der Waals surface area contributed by atoms with Crippen molar-refractivity contribution in [3.05, 3.63) is 59.4 Å². The molecule has 1 aromatic carbocycles. The summed E-state index contributed by atoms with van der Waals surface area (Å²) >= 11 is 5.83. The SMILES string of the molecule is C[C@@H]1CCCN(C(=O)c2c(F)cccc2-n2nccn2)C1CNc1ncc(Cl)cn1. The number of nitrogens with zero attached hydrogens (tertiary/aromatic N) is 6. The molecule has 4 rings (SSSR count). The van der Waals surface area contributed by atoms with Gasteiger partial charge >= 0.3 is 0 Å². The van der Waals surface area contributed by atoms with Gasteiger partial charge in [0.25, 0.3) is 5.91 Å². The van der Waals surface area contributed by atoms with Crippen molar-refractivity contribution in [1.82, 2.24) is 29.9 Å². The second-order valence-corrected chi connectivity index (χ2v) is 7.68. The Hall–Kier alpha value is -3.07. The van der Waals surface area contributed by atoms with Crippen molar-refractivity contribution in [2.45, 2.75) is 25.8 Å². The third-order valence-electron chi connectivity index (χ3n) is 5.31. The second kappa shape index (κ2) is 8.74. The highest BCUT2D eigenvalue weighted by Crippen LogP contribution is 2.28. The molecule has 0 saturated carbocycles. The summed E-state index contributed by atoms with van der Waals surface area (Å²) in [6.45, 7) is 3.07. The van der Waals surface area contributed by atoms with Gasteiger partial charge < -0.3 is 10.2 Å². The van der Waals surface area contributed by atoms with Crippen LogP contribution in [0.4, 0.5) is 10.3 Å². The Bertz CT molecular complexity index is 1010. The first-order chi connectivity index (χ1) is 14.5. The number of hydrogen-bond acceptors (Lipinski definition) is 6. The zero-order valence-corrected chi connectivity index (χ0v) is 17.1. The minimum Gasteiger partial charge on any atom is -0.352 e. The van der Waals surface area contributed by atoms with Gasteiger partial charge in [-0.25, -0.2) is 14.4 Å². The molecule has 3 aromatic rings. The number of carbonyl (C=O) groups is 1.